The van der Waals surface area contributed by atoms with Crippen LogP contribution in [0.3, 0.4) is 0 Å². The fourth-order valence-corrected chi connectivity index (χ4v) is 5.40. The SMILES string of the molecule is Cc1ccc(NC(=O)C(C(=O)Nc2ccc(C)cc2)C(C(=O)Nc2ccc3ccccc3c2)c2coc3ccccc3c2=O)cc1. The number of amides is 3. The van der Waals surface area contributed by atoms with Gasteiger partial charge in [-0.2, -0.15) is 0 Å². The van der Waals surface area contributed by atoms with Crippen molar-refractivity contribution < 1.29 is 18.8 Å². The molecule has 1 aromatic heterocycles. The molecule has 0 aliphatic heterocycles. The van der Waals surface area contributed by atoms with E-state index in [1.54, 1.807) is 60.7 Å². The lowest BCUT2D eigenvalue weighted by Crippen LogP contribution is -2.44. The number of rotatable bonds is 8. The van der Waals surface area contributed by atoms with Gasteiger partial charge >= 0.3 is 0 Å². The number of hydrogen-bond donors (Lipinski definition) is 3. The zero-order valence-corrected chi connectivity index (χ0v) is 25.2. The van der Waals surface area contributed by atoms with Crippen LogP contribution in [0.15, 0.2) is 131 Å². The van der Waals surface area contributed by atoms with E-state index in [1.807, 2.05) is 68.4 Å². The maximum absolute atomic E-state index is 14.3. The van der Waals surface area contributed by atoms with Crippen LogP contribution in [0.5, 0.6) is 0 Å². The third-order valence-electron chi connectivity index (χ3n) is 7.88. The van der Waals surface area contributed by atoms with Crippen molar-refractivity contribution in [3.8, 4) is 0 Å². The van der Waals surface area contributed by atoms with Gasteiger partial charge in [0.2, 0.25) is 17.7 Å². The predicted molar refractivity (Wildman–Crippen MR) is 181 cm³/mol. The molecule has 0 aliphatic rings. The molecule has 3 N–H and O–H groups in total. The highest BCUT2D eigenvalue weighted by molar-refractivity contribution is 6.15. The summed E-state index contributed by atoms with van der Waals surface area (Å²) >= 11 is 0. The number of carbonyl (C=O) groups is 3. The van der Waals surface area contributed by atoms with Gasteiger partial charge in [0.1, 0.15) is 11.5 Å². The number of hydrogen-bond acceptors (Lipinski definition) is 5. The standard InChI is InChI=1S/C38H31N3O5/c1-23-11-16-27(17-12-23)39-37(44)34(38(45)40-28-18-13-24(2)14-19-28)33(31-22-46-32-10-6-5-9-30(32)35(31)42)36(43)41-29-20-15-25-7-3-4-8-26(25)21-29/h3-22,33-34H,1-2H3,(H,39,44)(H,40,45)(H,41,43). The summed E-state index contributed by atoms with van der Waals surface area (Å²) < 4.78 is 5.79. The van der Waals surface area contributed by atoms with Crippen molar-refractivity contribution in [2.24, 2.45) is 5.92 Å². The zero-order chi connectivity index (χ0) is 32.2. The number of para-hydroxylation sites is 1. The van der Waals surface area contributed by atoms with E-state index in [1.165, 1.54) is 6.26 Å². The third-order valence-corrected chi connectivity index (χ3v) is 7.88. The monoisotopic (exact) mass is 609 g/mol. The quantitative estimate of drug-likeness (QED) is 0.158. The molecule has 0 bridgehead atoms. The van der Waals surface area contributed by atoms with E-state index < -0.39 is 35.0 Å². The van der Waals surface area contributed by atoms with Gasteiger partial charge < -0.3 is 20.4 Å². The number of anilines is 3. The van der Waals surface area contributed by atoms with Crippen LogP contribution in [0.1, 0.15) is 22.6 Å². The van der Waals surface area contributed by atoms with Crippen molar-refractivity contribution in [2.75, 3.05) is 16.0 Å². The van der Waals surface area contributed by atoms with Gasteiger partial charge in [-0.3, -0.25) is 19.2 Å². The third kappa shape index (κ3) is 6.42. The van der Waals surface area contributed by atoms with Crippen LogP contribution >= 0.6 is 0 Å². The molecule has 0 radical (unpaired) electrons. The maximum Gasteiger partial charge on any atom is 0.238 e. The van der Waals surface area contributed by atoms with Crippen molar-refractivity contribution >= 4 is 56.5 Å². The first-order valence-electron chi connectivity index (χ1n) is 14.8. The van der Waals surface area contributed by atoms with Gasteiger partial charge in [0.05, 0.1) is 17.6 Å². The van der Waals surface area contributed by atoms with Crippen LogP contribution in [-0.2, 0) is 14.4 Å². The minimum Gasteiger partial charge on any atom is -0.464 e. The van der Waals surface area contributed by atoms with Crippen LogP contribution in [0.4, 0.5) is 17.1 Å². The number of fused-ring (bicyclic) bond motifs is 2. The Kier molecular flexibility index (Phi) is 8.43. The Morgan fingerprint density at radius 2 is 1.11 bits per heavy atom. The Morgan fingerprint density at radius 3 is 1.74 bits per heavy atom. The molecule has 0 fully saturated rings. The second-order valence-electron chi connectivity index (χ2n) is 11.2. The van der Waals surface area contributed by atoms with Crippen molar-refractivity contribution in [1.82, 2.24) is 0 Å². The molecule has 8 heteroatoms. The van der Waals surface area contributed by atoms with Crippen LogP contribution in [0, 0.1) is 19.8 Å². The van der Waals surface area contributed by atoms with E-state index in [9.17, 15) is 19.2 Å². The first-order chi connectivity index (χ1) is 22.3. The summed E-state index contributed by atoms with van der Waals surface area (Å²) in [6.45, 7) is 3.82. The van der Waals surface area contributed by atoms with E-state index in [-0.39, 0.29) is 10.9 Å². The van der Waals surface area contributed by atoms with Crippen LogP contribution in [-0.4, -0.2) is 17.7 Å². The summed E-state index contributed by atoms with van der Waals surface area (Å²) in [5.41, 5.74) is 2.94. The molecule has 0 spiro atoms. The highest BCUT2D eigenvalue weighted by Gasteiger charge is 2.42. The molecule has 3 amide bonds. The second-order valence-corrected chi connectivity index (χ2v) is 11.2. The lowest BCUT2D eigenvalue weighted by atomic mass is 9.83. The Labute approximate surface area is 265 Å². The minimum absolute atomic E-state index is 0.125. The average molecular weight is 610 g/mol. The molecule has 0 saturated carbocycles. The number of benzene rings is 5. The topological polar surface area (TPSA) is 118 Å². The number of carbonyl (C=O) groups excluding carboxylic acids is 3. The zero-order valence-electron chi connectivity index (χ0n) is 25.2. The van der Waals surface area contributed by atoms with Gasteiger partial charge in [-0.05, 0) is 73.2 Å². The largest absolute Gasteiger partial charge is 0.464 e. The van der Waals surface area contributed by atoms with E-state index in [0.29, 0.717) is 22.6 Å². The summed E-state index contributed by atoms with van der Waals surface area (Å²) in [4.78, 5) is 56.5. The summed E-state index contributed by atoms with van der Waals surface area (Å²) in [6, 6.07) is 33.8. The molecule has 0 aliphatic carbocycles. The molecule has 5 aromatic carbocycles. The highest BCUT2D eigenvalue weighted by Crippen LogP contribution is 2.30. The summed E-state index contributed by atoms with van der Waals surface area (Å²) in [5.74, 6) is -5.49. The Hall–Kier alpha value is -6.02. The molecule has 1 atom stereocenters. The Bertz CT molecular complexity index is 2080. The molecule has 0 saturated heterocycles. The molecule has 1 heterocycles. The first-order valence-corrected chi connectivity index (χ1v) is 14.8. The van der Waals surface area contributed by atoms with Crippen LogP contribution < -0.4 is 21.4 Å². The highest BCUT2D eigenvalue weighted by atomic mass is 16.3. The van der Waals surface area contributed by atoms with E-state index in [0.717, 1.165) is 21.9 Å². The summed E-state index contributed by atoms with van der Waals surface area (Å²) in [7, 11) is 0. The predicted octanol–water partition coefficient (Wildman–Crippen LogP) is 7.18. The fraction of sp³-hybridized carbons (Fsp3) is 0.105. The maximum atomic E-state index is 14.3. The first kappa shape index (κ1) is 30.0. The smallest absolute Gasteiger partial charge is 0.238 e. The van der Waals surface area contributed by atoms with Gasteiger partial charge in [0, 0.05) is 22.6 Å². The molecular formula is C38H31N3O5. The van der Waals surface area contributed by atoms with Crippen molar-refractivity contribution in [1.29, 1.82) is 0 Å². The normalized spacial score (nSPS) is 11.7. The number of nitrogens with one attached hydrogen (secondary N) is 3. The lowest BCUT2D eigenvalue weighted by molar-refractivity contribution is -0.134. The average Bonchev–Trinajstić information content (AvgIpc) is 3.06. The molecule has 1 unspecified atom stereocenters. The van der Waals surface area contributed by atoms with Gasteiger partial charge in [-0.1, -0.05) is 77.9 Å². The van der Waals surface area contributed by atoms with E-state index in [4.69, 9.17) is 4.42 Å². The molecule has 46 heavy (non-hydrogen) atoms. The van der Waals surface area contributed by atoms with Gasteiger partial charge in [-0.25, -0.2) is 0 Å². The van der Waals surface area contributed by atoms with Crippen molar-refractivity contribution in [3.05, 3.63) is 148 Å². The van der Waals surface area contributed by atoms with Gasteiger partial charge in [-0.15, -0.1) is 0 Å². The number of aryl methyl sites for hydroxylation is 2. The molecule has 6 aromatic rings. The van der Waals surface area contributed by atoms with Gasteiger partial charge in [0.15, 0.2) is 5.43 Å². The summed E-state index contributed by atoms with van der Waals surface area (Å²) in [5, 5.41) is 10.5. The lowest BCUT2D eigenvalue weighted by Gasteiger charge is -2.25. The fourth-order valence-electron chi connectivity index (χ4n) is 5.40. The van der Waals surface area contributed by atoms with Crippen molar-refractivity contribution in [3.63, 3.8) is 0 Å². The van der Waals surface area contributed by atoms with E-state index in [2.05, 4.69) is 16.0 Å². The Morgan fingerprint density at radius 1 is 0.587 bits per heavy atom. The molecule has 228 valence electrons. The van der Waals surface area contributed by atoms with Crippen LogP contribution in [0.2, 0.25) is 0 Å². The van der Waals surface area contributed by atoms with Gasteiger partial charge in [0.25, 0.3) is 0 Å². The Balaban J connectivity index is 1.47. The van der Waals surface area contributed by atoms with Crippen LogP contribution in [0.25, 0.3) is 21.7 Å². The molecular weight excluding hydrogens is 578 g/mol. The second kappa shape index (κ2) is 12.9. The van der Waals surface area contributed by atoms with E-state index >= 15 is 0 Å². The molecule has 6 rings (SSSR count). The van der Waals surface area contributed by atoms with Crippen molar-refractivity contribution in [2.45, 2.75) is 19.8 Å². The summed E-state index contributed by atoms with van der Waals surface area (Å²) in [6.07, 6.45) is 1.17. The molecule has 8 nitrogen and oxygen atoms in total. The minimum atomic E-state index is -1.67.